The van der Waals surface area contributed by atoms with Crippen LogP contribution in [0.4, 0.5) is 0 Å². The van der Waals surface area contributed by atoms with Gasteiger partial charge in [-0.25, -0.2) is 4.98 Å². The number of benzene rings is 2. The molecule has 0 saturated carbocycles. The Balaban J connectivity index is 1.53. The van der Waals surface area contributed by atoms with E-state index in [1.165, 1.54) is 5.56 Å². The molecule has 3 rings (SSSR count). The van der Waals surface area contributed by atoms with Crippen molar-refractivity contribution >= 4 is 5.91 Å². The highest BCUT2D eigenvalue weighted by Gasteiger charge is 2.05. The Morgan fingerprint density at radius 3 is 2.44 bits per heavy atom. The number of imidazole rings is 1. The normalized spacial score (nSPS) is 10.4. The summed E-state index contributed by atoms with van der Waals surface area (Å²) in [4.78, 5) is 16.2. The van der Waals surface area contributed by atoms with Gasteiger partial charge in [-0.2, -0.15) is 0 Å². The van der Waals surface area contributed by atoms with E-state index >= 15 is 0 Å². The van der Waals surface area contributed by atoms with Gasteiger partial charge in [0.1, 0.15) is 5.75 Å². The number of amides is 1. The maximum atomic E-state index is 12.2. The molecule has 1 heterocycles. The molecular formula is C20H21N3O2. The zero-order chi connectivity index (χ0) is 17.5. The molecule has 1 aromatic heterocycles. The van der Waals surface area contributed by atoms with Crippen molar-refractivity contribution in [2.45, 2.75) is 20.0 Å². The molecule has 0 aliphatic rings. The lowest BCUT2D eigenvalue weighted by Crippen LogP contribution is -2.22. The summed E-state index contributed by atoms with van der Waals surface area (Å²) >= 11 is 0. The molecular weight excluding hydrogens is 314 g/mol. The molecule has 0 atom stereocenters. The third-order valence-corrected chi connectivity index (χ3v) is 3.83. The summed E-state index contributed by atoms with van der Waals surface area (Å²) in [6.45, 7) is 3.83. The number of nitrogens with one attached hydrogen (secondary N) is 1. The lowest BCUT2D eigenvalue weighted by Gasteiger charge is -2.08. The lowest BCUT2D eigenvalue weighted by molar-refractivity contribution is 0.0951. The van der Waals surface area contributed by atoms with Gasteiger partial charge in [0, 0.05) is 31.0 Å². The van der Waals surface area contributed by atoms with Crippen molar-refractivity contribution in [3.63, 3.8) is 0 Å². The minimum atomic E-state index is -0.0921. The highest BCUT2D eigenvalue weighted by Crippen LogP contribution is 2.12. The lowest BCUT2D eigenvalue weighted by atomic mass is 10.1. The Morgan fingerprint density at radius 2 is 1.80 bits per heavy atom. The fourth-order valence-corrected chi connectivity index (χ4v) is 2.51. The number of hydrogen-bond donors (Lipinski definition) is 1. The van der Waals surface area contributed by atoms with E-state index < -0.39 is 0 Å². The summed E-state index contributed by atoms with van der Waals surface area (Å²) in [6.07, 6.45) is 5.50. The Labute approximate surface area is 147 Å². The van der Waals surface area contributed by atoms with E-state index in [-0.39, 0.29) is 5.91 Å². The van der Waals surface area contributed by atoms with Crippen molar-refractivity contribution in [3.8, 4) is 5.75 Å². The van der Waals surface area contributed by atoms with Gasteiger partial charge >= 0.3 is 0 Å². The first-order valence-electron chi connectivity index (χ1n) is 8.29. The molecule has 1 amide bonds. The topological polar surface area (TPSA) is 56.1 Å². The van der Waals surface area contributed by atoms with Crippen LogP contribution in [0.5, 0.6) is 5.75 Å². The smallest absolute Gasteiger partial charge is 0.251 e. The minimum absolute atomic E-state index is 0.0921. The van der Waals surface area contributed by atoms with Crippen LogP contribution in [-0.2, 0) is 13.1 Å². The SMILES string of the molecule is CCOc1ccc(C(=O)NCc2ccc(Cn3ccnc3)cc2)cc1. The molecule has 0 unspecified atom stereocenters. The summed E-state index contributed by atoms with van der Waals surface area (Å²) in [6, 6.07) is 15.4. The average Bonchev–Trinajstić information content (AvgIpc) is 3.15. The van der Waals surface area contributed by atoms with E-state index in [0.717, 1.165) is 17.9 Å². The Bertz CT molecular complexity index is 794. The van der Waals surface area contributed by atoms with E-state index in [2.05, 4.69) is 22.4 Å². The second-order valence-corrected chi connectivity index (χ2v) is 5.69. The van der Waals surface area contributed by atoms with Gasteiger partial charge < -0.3 is 14.6 Å². The molecule has 5 heteroatoms. The second kappa shape index (κ2) is 8.15. The van der Waals surface area contributed by atoms with Gasteiger partial charge in [-0.15, -0.1) is 0 Å². The van der Waals surface area contributed by atoms with Gasteiger partial charge in [0.2, 0.25) is 0 Å². The van der Waals surface area contributed by atoms with Gasteiger partial charge in [-0.05, 0) is 42.3 Å². The first-order chi connectivity index (χ1) is 12.2. The van der Waals surface area contributed by atoms with Crippen LogP contribution in [0, 0.1) is 0 Å². The van der Waals surface area contributed by atoms with E-state index in [9.17, 15) is 4.79 Å². The Hall–Kier alpha value is -3.08. The minimum Gasteiger partial charge on any atom is -0.494 e. The molecule has 0 saturated heterocycles. The van der Waals surface area contributed by atoms with Crippen LogP contribution in [0.3, 0.4) is 0 Å². The predicted octanol–water partition coefficient (Wildman–Crippen LogP) is 3.26. The molecule has 3 aromatic rings. The predicted molar refractivity (Wildman–Crippen MR) is 96.6 cm³/mol. The zero-order valence-electron chi connectivity index (χ0n) is 14.2. The molecule has 0 fully saturated rings. The first-order valence-corrected chi connectivity index (χ1v) is 8.29. The van der Waals surface area contributed by atoms with Gasteiger partial charge in [0.15, 0.2) is 0 Å². The number of aromatic nitrogens is 2. The monoisotopic (exact) mass is 335 g/mol. The highest BCUT2D eigenvalue weighted by atomic mass is 16.5. The summed E-state index contributed by atoms with van der Waals surface area (Å²) in [5.74, 6) is 0.679. The molecule has 0 bridgehead atoms. The average molecular weight is 335 g/mol. The summed E-state index contributed by atoms with van der Waals surface area (Å²) in [5.41, 5.74) is 2.88. The summed E-state index contributed by atoms with van der Waals surface area (Å²) in [7, 11) is 0. The van der Waals surface area contributed by atoms with E-state index in [1.807, 2.05) is 42.0 Å². The van der Waals surface area contributed by atoms with Crippen molar-refractivity contribution in [1.29, 1.82) is 0 Å². The standard InChI is InChI=1S/C20H21N3O2/c1-2-25-19-9-7-18(8-10-19)20(24)22-13-16-3-5-17(6-4-16)14-23-12-11-21-15-23/h3-12,15H,2,13-14H2,1H3,(H,22,24). The number of ether oxygens (including phenoxy) is 1. The highest BCUT2D eigenvalue weighted by molar-refractivity contribution is 5.94. The molecule has 1 N–H and O–H groups in total. The molecule has 0 spiro atoms. The molecule has 0 aliphatic carbocycles. The van der Waals surface area contributed by atoms with Gasteiger partial charge in [0.05, 0.1) is 12.9 Å². The number of carbonyl (C=O) groups is 1. The van der Waals surface area contributed by atoms with Crippen molar-refractivity contribution in [3.05, 3.63) is 83.9 Å². The maximum absolute atomic E-state index is 12.2. The molecule has 0 aliphatic heterocycles. The second-order valence-electron chi connectivity index (χ2n) is 5.69. The van der Waals surface area contributed by atoms with E-state index in [4.69, 9.17) is 4.74 Å². The van der Waals surface area contributed by atoms with Gasteiger partial charge in [0.25, 0.3) is 5.91 Å². The van der Waals surface area contributed by atoms with Crippen molar-refractivity contribution in [2.75, 3.05) is 6.61 Å². The number of hydrogen-bond acceptors (Lipinski definition) is 3. The van der Waals surface area contributed by atoms with Gasteiger partial charge in [-0.1, -0.05) is 24.3 Å². The van der Waals surface area contributed by atoms with Crippen molar-refractivity contribution in [2.24, 2.45) is 0 Å². The fourth-order valence-electron chi connectivity index (χ4n) is 2.51. The number of nitrogens with zero attached hydrogens (tertiary/aromatic N) is 2. The quantitative estimate of drug-likeness (QED) is 0.721. The van der Waals surface area contributed by atoms with Crippen LogP contribution in [0.1, 0.15) is 28.4 Å². The molecule has 5 nitrogen and oxygen atoms in total. The number of rotatable bonds is 7. The molecule has 2 aromatic carbocycles. The first kappa shape index (κ1) is 16.8. The fraction of sp³-hybridized carbons (Fsp3) is 0.200. The largest absolute Gasteiger partial charge is 0.494 e. The maximum Gasteiger partial charge on any atom is 0.251 e. The molecule has 128 valence electrons. The van der Waals surface area contributed by atoms with E-state index in [0.29, 0.717) is 18.7 Å². The molecule has 25 heavy (non-hydrogen) atoms. The van der Waals surface area contributed by atoms with Crippen LogP contribution in [0.25, 0.3) is 0 Å². The van der Waals surface area contributed by atoms with E-state index in [1.54, 1.807) is 24.7 Å². The van der Waals surface area contributed by atoms with Crippen molar-refractivity contribution < 1.29 is 9.53 Å². The Morgan fingerprint density at radius 1 is 1.08 bits per heavy atom. The Kier molecular flexibility index (Phi) is 5.46. The molecule has 0 radical (unpaired) electrons. The van der Waals surface area contributed by atoms with Crippen LogP contribution in [0.15, 0.2) is 67.3 Å². The van der Waals surface area contributed by atoms with Gasteiger partial charge in [-0.3, -0.25) is 4.79 Å². The van der Waals surface area contributed by atoms with Crippen LogP contribution < -0.4 is 10.1 Å². The summed E-state index contributed by atoms with van der Waals surface area (Å²) in [5, 5.41) is 2.94. The summed E-state index contributed by atoms with van der Waals surface area (Å²) < 4.78 is 7.40. The third-order valence-electron chi connectivity index (χ3n) is 3.83. The van der Waals surface area contributed by atoms with Crippen LogP contribution in [0.2, 0.25) is 0 Å². The van der Waals surface area contributed by atoms with Crippen molar-refractivity contribution in [1.82, 2.24) is 14.9 Å². The number of carbonyl (C=O) groups excluding carboxylic acids is 1. The third kappa shape index (κ3) is 4.70. The van der Waals surface area contributed by atoms with Crippen LogP contribution >= 0.6 is 0 Å². The van der Waals surface area contributed by atoms with Crippen LogP contribution in [-0.4, -0.2) is 22.1 Å². The zero-order valence-corrected chi connectivity index (χ0v) is 14.2.